The van der Waals surface area contributed by atoms with Crippen molar-refractivity contribution in [1.29, 1.82) is 0 Å². The minimum Gasteiger partial charge on any atom is -0.495 e. The molecule has 0 saturated heterocycles. The smallest absolute Gasteiger partial charge is 0.241 e. The summed E-state index contributed by atoms with van der Waals surface area (Å²) in [6, 6.07) is 15.5. The van der Waals surface area contributed by atoms with Crippen molar-refractivity contribution < 1.29 is 9.53 Å². The summed E-state index contributed by atoms with van der Waals surface area (Å²) in [5, 5.41) is 6.86. The molecule has 28 heavy (non-hydrogen) atoms. The van der Waals surface area contributed by atoms with E-state index in [4.69, 9.17) is 16.3 Å². The Morgan fingerprint density at radius 1 is 1.11 bits per heavy atom. The van der Waals surface area contributed by atoms with Crippen LogP contribution in [0.2, 0.25) is 5.02 Å². The second-order valence-electron chi connectivity index (χ2n) is 6.11. The van der Waals surface area contributed by atoms with Crippen LogP contribution in [0.5, 0.6) is 5.75 Å². The monoisotopic (exact) mass is 516 g/mol. The average molecular weight is 517 g/mol. The number of halogens is 2. The van der Waals surface area contributed by atoms with E-state index in [1.807, 2.05) is 48.5 Å². The van der Waals surface area contributed by atoms with Gasteiger partial charge in [-0.15, -0.1) is 24.0 Å². The molecule has 0 saturated carbocycles. The van der Waals surface area contributed by atoms with Gasteiger partial charge in [0.1, 0.15) is 5.75 Å². The van der Waals surface area contributed by atoms with Gasteiger partial charge in [-0.2, -0.15) is 0 Å². The Labute approximate surface area is 188 Å². The number of rotatable bonds is 7. The van der Waals surface area contributed by atoms with E-state index in [-0.39, 0.29) is 36.4 Å². The van der Waals surface area contributed by atoms with Gasteiger partial charge >= 0.3 is 0 Å². The van der Waals surface area contributed by atoms with Gasteiger partial charge in [0.15, 0.2) is 5.96 Å². The zero-order chi connectivity index (χ0) is 19.6. The van der Waals surface area contributed by atoms with Gasteiger partial charge in [-0.3, -0.25) is 4.79 Å². The number of aliphatic imine (C=N–C) groups is 1. The zero-order valence-corrected chi connectivity index (χ0v) is 19.3. The molecular weight excluding hydrogens is 491 g/mol. The zero-order valence-electron chi connectivity index (χ0n) is 16.2. The summed E-state index contributed by atoms with van der Waals surface area (Å²) in [4.78, 5) is 18.0. The van der Waals surface area contributed by atoms with Gasteiger partial charge in [0.25, 0.3) is 0 Å². The van der Waals surface area contributed by atoms with E-state index in [2.05, 4.69) is 15.6 Å². The topological polar surface area (TPSA) is 66.0 Å². The fourth-order valence-corrected chi connectivity index (χ4v) is 2.53. The van der Waals surface area contributed by atoms with Crippen molar-refractivity contribution in [3.05, 3.63) is 64.7 Å². The lowest BCUT2D eigenvalue weighted by molar-refractivity contribution is -0.127. The van der Waals surface area contributed by atoms with E-state index in [9.17, 15) is 4.79 Å². The van der Waals surface area contributed by atoms with Crippen LogP contribution < -0.4 is 15.4 Å². The molecule has 2 aromatic rings. The molecule has 8 heteroatoms. The molecule has 0 bridgehead atoms. The van der Waals surface area contributed by atoms with Crippen LogP contribution in [-0.2, 0) is 17.9 Å². The van der Waals surface area contributed by atoms with Gasteiger partial charge in [-0.1, -0.05) is 48.0 Å². The highest BCUT2D eigenvalue weighted by molar-refractivity contribution is 14.0. The van der Waals surface area contributed by atoms with Crippen molar-refractivity contribution in [2.75, 3.05) is 27.7 Å². The Morgan fingerprint density at radius 3 is 2.43 bits per heavy atom. The number of hydrogen-bond donors (Lipinski definition) is 2. The second-order valence-corrected chi connectivity index (χ2v) is 6.52. The van der Waals surface area contributed by atoms with Crippen LogP contribution >= 0.6 is 35.6 Å². The Bertz CT molecular complexity index is 785. The highest BCUT2D eigenvalue weighted by atomic mass is 127. The van der Waals surface area contributed by atoms with Crippen molar-refractivity contribution in [3.8, 4) is 5.75 Å². The van der Waals surface area contributed by atoms with E-state index in [0.29, 0.717) is 29.8 Å². The number of carbonyl (C=O) groups is 1. The molecule has 2 rings (SSSR count). The van der Waals surface area contributed by atoms with Gasteiger partial charge in [0, 0.05) is 20.6 Å². The molecule has 0 unspecified atom stereocenters. The van der Waals surface area contributed by atoms with Crippen molar-refractivity contribution in [2.24, 2.45) is 4.99 Å². The van der Waals surface area contributed by atoms with Crippen LogP contribution in [0.4, 0.5) is 0 Å². The van der Waals surface area contributed by atoms with Crippen molar-refractivity contribution in [2.45, 2.75) is 13.1 Å². The molecule has 1 amide bonds. The lowest BCUT2D eigenvalue weighted by Crippen LogP contribution is -2.42. The quantitative estimate of drug-likeness (QED) is 0.337. The fourth-order valence-electron chi connectivity index (χ4n) is 2.25. The summed E-state index contributed by atoms with van der Waals surface area (Å²) in [5.41, 5.74) is 2.07. The maximum absolute atomic E-state index is 11.9. The van der Waals surface area contributed by atoms with Crippen LogP contribution in [0.25, 0.3) is 0 Å². The number of hydrogen-bond acceptors (Lipinski definition) is 3. The molecule has 0 aliphatic rings. The van der Waals surface area contributed by atoms with E-state index in [0.717, 1.165) is 11.1 Å². The number of nitrogens with zero attached hydrogens (tertiary/aromatic N) is 2. The first-order chi connectivity index (χ1) is 13.0. The maximum atomic E-state index is 11.9. The summed E-state index contributed by atoms with van der Waals surface area (Å²) >= 11 is 6.17. The molecule has 0 spiro atoms. The molecule has 152 valence electrons. The number of guanidine groups is 1. The maximum Gasteiger partial charge on any atom is 0.241 e. The molecular formula is C20H26ClIN4O2. The number of likely N-dealkylation sites (N-methyl/N-ethyl adjacent to an activating group) is 1. The molecule has 2 aromatic carbocycles. The van der Waals surface area contributed by atoms with Gasteiger partial charge in [-0.25, -0.2) is 4.99 Å². The van der Waals surface area contributed by atoms with Crippen LogP contribution in [0.1, 0.15) is 11.1 Å². The molecule has 0 radical (unpaired) electrons. The lowest BCUT2D eigenvalue weighted by Gasteiger charge is -2.15. The minimum absolute atomic E-state index is 0. The number of benzene rings is 2. The Hall–Kier alpha value is -2.00. The second kappa shape index (κ2) is 12.5. The predicted molar refractivity (Wildman–Crippen MR) is 125 cm³/mol. The summed E-state index contributed by atoms with van der Waals surface area (Å²) in [7, 11) is 5.02. The summed E-state index contributed by atoms with van der Waals surface area (Å²) in [6.45, 7) is 1.19. The van der Waals surface area contributed by atoms with Crippen LogP contribution in [-0.4, -0.2) is 44.5 Å². The third-order valence-corrected chi connectivity index (χ3v) is 4.14. The fraction of sp³-hybridized carbons (Fsp3) is 0.300. The molecule has 2 N–H and O–H groups in total. The minimum atomic E-state index is -0.0308. The first-order valence-electron chi connectivity index (χ1n) is 8.58. The van der Waals surface area contributed by atoms with Crippen LogP contribution in [0.15, 0.2) is 53.5 Å². The number of methoxy groups -OCH3 is 1. The first-order valence-corrected chi connectivity index (χ1v) is 8.96. The third-order valence-electron chi connectivity index (χ3n) is 3.84. The third kappa shape index (κ3) is 7.93. The molecule has 6 nitrogen and oxygen atoms in total. The van der Waals surface area contributed by atoms with E-state index < -0.39 is 0 Å². The van der Waals surface area contributed by atoms with Gasteiger partial charge in [-0.05, 0) is 23.3 Å². The predicted octanol–water partition coefficient (Wildman–Crippen LogP) is 3.29. The van der Waals surface area contributed by atoms with E-state index in [1.54, 1.807) is 21.2 Å². The van der Waals surface area contributed by atoms with Crippen molar-refractivity contribution in [1.82, 2.24) is 15.5 Å². The Balaban J connectivity index is 0.00000392. The standard InChI is InChI=1S/C20H25ClN4O2.HI/c1-25(2)19(26)14-24-20(22-12-15-7-5-4-6-8-15)23-13-16-9-10-18(27-3)17(21)11-16;/h4-11H,12-14H2,1-3H3,(H2,22,23,24);1H. The highest BCUT2D eigenvalue weighted by Crippen LogP contribution is 2.25. The Morgan fingerprint density at radius 2 is 1.82 bits per heavy atom. The van der Waals surface area contributed by atoms with E-state index in [1.165, 1.54) is 4.90 Å². The number of ether oxygens (including phenoxy) is 1. The largest absolute Gasteiger partial charge is 0.495 e. The van der Waals surface area contributed by atoms with Crippen LogP contribution in [0.3, 0.4) is 0 Å². The number of amides is 1. The number of carbonyl (C=O) groups excluding carboxylic acids is 1. The van der Waals surface area contributed by atoms with E-state index >= 15 is 0 Å². The molecule has 0 aliphatic carbocycles. The molecule has 0 aromatic heterocycles. The molecule has 0 atom stereocenters. The summed E-state index contributed by atoms with van der Waals surface area (Å²) < 4.78 is 5.17. The Kier molecular flexibility index (Phi) is 10.7. The SMILES string of the molecule is COc1ccc(CN=C(NCC(=O)N(C)C)NCc2ccccc2)cc1Cl.I. The highest BCUT2D eigenvalue weighted by Gasteiger charge is 2.07. The van der Waals surface area contributed by atoms with Crippen molar-refractivity contribution in [3.63, 3.8) is 0 Å². The van der Waals surface area contributed by atoms with Gasteiger partial charge < -0.3 is 20.3 Å². The summed E-state index contributed by atoms with van der Waals surface area (Å²) in [6.07, 6.45) is 0. The van der Waals surface area contributed by atoms with Gasteiger partial charge in [0.05, 0.1) is 25.2 Å². The number of nitrogens with one attached hydrogen (secondary N) is 2. The molecule has 0 aliphatic heterocycles. The summed E-state index contributed by atoms with van der Waals surface area (Å²) in [5.74, 6) is 1.15. The molecule has 0 heterocycles. The van der Waals surface area contributed by atoms with Crippen LogP contribution in [0, 0.1) is 0 Å². The molecule has 0 fully saturated rings. The van der Waals surface area contributed by atoms with Crippen molar-refractivity contribution >= 4 is 47.4 Å². The normalized spacial score (nSPS) is 10.6. The van der Waals surface area contributed by atoms with Gasteiger partial charge in [0.2, 0.25) is 5.91 Å². The lowest BCUT2D eigenvalue weighted by atomic mass is 10.2. The average Bonchev–Trinajstić information content (AvgIpc) is 2.68. The first kappa shape index (κ1) is 24.0.